The summed E-state index contributed by atoms with van der Waals surface area (Å²) in [5, 5.41) is 10.0. The minimum absolute atomic E-state index is 0.183. The summed E-state index contributed by atoms with van der Waals surface area (Å²) in [4.78, 5) is 19.6. The maximum absolute atomic E-state index is 11.2. The lowest BCUT2D eigenvalue weighted by Gasteiger charge is -2.33. The molecule has 0 radical (unpaired) electrons. The quantitative estimate of drug-likeness (QED) is 0.809. The van der Waals surface area contributed by atoms with Crippen molar-refractivity contribution in [3.8, 4) is 0 Å². The molecule has 2 atom stereocenters. The average molecular weight is 267 g/mol. The Morgan fingerprint density at radius 3 is 2.83 bits per heavy atom. The summed E-state index contributed by atoms with van der Waals surface area (Å²) in [7, 11) is 0. The Bertz CT molecular complexity index is 437. The van der Waals surface area contributed by atoms with Crippen LogP contribution in [0.2, 0.25) is 0 Å². The molecule has 0 aromatic carbocycles. The summed E-state index contributed by atoms with van der Waals surface area (Å²) in [6.07, 6.45) is 6.37. The molecular formula is C12H17N3O2S. The zero-order valence-electron chi connectivity index (χ0n) is 10.3. The number of hydrogen-bond donors (Lipinski definition) is 2. The number of carboxylic acid groups (broad SMARTS) is 1. The van der Waals surface area contributed by atoms with Crippen molar-refractivity contribution < 1.29 is 9.90 Å². The van der Waals surface area contributed by atoms with Gasteiger partial charge in [0, 0.05) is 17.6 Å². The van der Waals surface area contributed by atoms with Gasteiger partial charge in [0.25, 0.3) is 0 Å². The Hall–Kier alpha value is -1.14. The Morgan fingerprint density at radius 2 is 2.22 bits per heavy atom. The summed E-state index contributed by atoms with van der Waals surface area (Å²) in [5.74, 6) is -0.905. The van der Waals surface area contributed by atoms with Crippen LogP contribution in [0.25, 0.3) is 0 Å². The molecule has 1 aromatic heterocycles. The van der Waals surface area contributed by atoms with Gasteiger partial charge in [-0.2, -0.15) is 0 Å². The predicted molar refractivity (Wildman–Crippen MR) is 69.4 cm³/mol. The molecule has 1 fully saturated rings. The van der Waals surface area contributed by atoms with Crippen LogP contribution in [0.5, 0.6) is 0 Å². The second kappa shape index (κ2) is 5.24. The zero-order chi connectivity index (χ0) is 13.2. The molecule has 5 nitrogen and oxygen atoms in total. The van der Waals surface area contributed by atoms with E-state index >= 15 is 0 Å². The summed E-state index contributed by atoms with van der Waals surface area (Å²) >= 11 is 1.53. The number of nitrogens with two attached hydrogens (primary N) is 1. The van der Waals surface area contributed by atoms with Gasteiger partial charge in [-0.25, -0.2) is 9.97 Å². The molecular weight excluding hydrogens is 250 g/mol. The highest BCUT2D eigenvalue weighted by Crippen LogP contribution is 2.36. The molecule has 98 valence electrons. The van der Waals surface area contributed by atoms with E-state index in [1.807, 2.05) is 6.92 Å². The van der Waals surface area contributed by atoms with E-state index in [1.54, 1.807) is 12.4 Å². The number of aromatic nitrogens is 2. The third-order valence-electron chi connectivity index (χ3n) is 3.20. The molecule has 1 aliphatic carbocycles. The number of thioether (sulfide) groups is 1. The molecule has 2 unspecified atom stereocenters. The highest BCUT2D eigenvalue weighted by atomic mass is 32.2. The van der Waals surface area contributed by atoms with E-state index in [9.17, 15) is 4.79 Å². The van der Waals surface area contributed by atoms with E-state index in [0.717, 1.165) is 18.4 Å². The first-order valence-electron chi connectivity index (χ1n) is 5.97. The Balaban J connectivity index is 2.02. The molecule has 2 rings (SSSR count). The van der Waals surface area contributed by atoms with Crippen LogP contribution >= 0.6 is 11.8 Å². The molecule has 1 saturated carbocycles. The molecule has 18 heavy (non-hydrogen) atoms. The first kappa shape index (κ1) is 13.3. The predicted octanol–water partition coefficient (Wildman–Crippen LogP) is 1.60. The van der Waals surface area contributed by atoms with Gasteiger partial charge in [-0.15, -0.1) is 0 Å². The topological polar surface area (TPSA) is 89.1 Å². The fraction of sp³-hybridized carbons (Fsp3) is 0.583. The van der Waals surface area contributed by atoms with Gasteiger partial charge >= 0.3 is 5.97 Å². The van der Waals surface area contributed by atoms with Crippen LogP contribution in [0.3, 0.4) is 0 Å². The van der Waals surface area contributed by atoms with Crippen LogP contribution in [-0.4, -0.2) is 31.8 Å². The SMILES string of the molecule is Cc1cnc(SC2CCCC(N)(C(=O)O)C2)nc1. The molecule has 1 heterocycles. The minimum Gasteiger partial charge on any atom is -0.480 e. The first-order chi connectivity index (χ1) is 8.49. The molecule has 0 amide bonds. The standard InChI is InChI=1S/C12H17N3O2S/c1-8-6-14-11(15-7-8)18-9-3-2-4-12(13,5-9)10(16)17/h6-7,9H,2-5,13H2,1H3,(H,16,17). The van der Waals surface area contributed by atoms with Gasteiger partial charge in [0.15, 0.2) is 5.16 Å². The van der Waals surface area contributed by atoms with Crippen molar-refractivity contribution in [2.24, 2.45) is 5.73 Å². The molecule has 0 bridgehead atoms. The second-order valence-electron chi connectivity index (χ2n) is 4.84. The van der Waals surface area contributed by atoms with Gasteiger partial charge in [-0.1, -0.05) is 11.8 Å². The molecule has 3 N–H and O–H groups in total. The third-order valence-corrected chi connectivity index (χ3v) is 4.35. The third kappa shape index (κ3) is 3.00. The fourth-order valence-electron chi connectivity index (χ4n) is 2.14. The van der Waals surface area contributed by atoms with Crippen molar-refractivity contribution in [1.29, 1.82) is 0 Å². The van der Waals surface area contributed by atoms with Gasteiger partial charge in [0.05, 0.1) is 0 Å². The highest BCUT2D eigenvalue weighted by Gasteiger charge is 2.39. The number of rotatable bonds is 3. The fourth-order valence-corrected chi connectivity index (χ4v) is 3.33. The number of carboxylic acids is 1. The summed E-state index contributed by atoms with van der Waals surface area (Å²) in [5.41, 5.74) is 5.85. The lowest BCUT2D eigenvalue weighted by Crippen LogP contribution is -2.51. The second-order valence-corrected chi connectivity index (χ2v) is 6.11. The summed E-state index contributed by atoms with van der Waals surface area (Å²) in [6.45, 7) is 1.93. The number of hydrogen-bond acceptors (Lipinski definition) is 5. The smallest absolute Gasteiger partial charge is 0.323 e. The molecule has 0 spiro atoms. The molecule has 0 saturated heterocycles. The van der Waals surface area contributed by atoms with Crippen LogP contribution < -0.4 is 5.73 Å². The van der Waals surface area contributed by atoms with E-state index in [-0.39, 0.29) is 5.25 Å². The number of nitrogens with zero attached hydrogens (tertiary/aromatic N) is 2. The lowest BCUT2D eigenvalue weighted by molar-refractivity contribution is -0.144. The van der Waals surface area contributed by atoms with Gasteiger partial charge in [-0.3, -0.25) is 4.79 Å². The van der Waals surface area contributed by atoms with Crippen LogP contribution in [0, 0.1) is 6.92 Å². The number of aliphatic carboxylic acids is 1. The van der Waals surface area contributed by atoms with Gasteiger partial charge in [-0.05, 0) is 38.2 Å². The average Bonchev–Trinajstić information content (AvgIpc) is 2.32. The molecule has 1 aliphatic rings. The molecule has 1 aromatic rings. The Kier molecular flexibility index (Phi) is 3.87. The van der Waals surface area contributed by atoms with Crippen molar-refractivity contribution in [3.05, 3.63) is 18.0 Å². The van der Waals surface area contributed by atoms with Crippen molar-refractivity contribution in [2.75, 3.05) is 0 Å². The molecule has 6 heteroatoms. The Morgan fingerprint density at radius 1 is 1.56 bits per heavy atom. The van der Waals surface area contributed by atoms with E-state index in [4.69, 9.17) is 10.8 Å². The largest absolute Gasteiger partial charge is 0.480 e. The van der Waals surface area contributed by atoms with Crippen molar-refractivity contribution in [3.63, 3.8) is 0 Å². The van der Waals surface area contributed by atoms with Crippen LogP contribution in [0.15, 0.2) is 17.6 Å². The van der Waals surface area contributed by atoms with Gasteiger partial charge in [0.2, 0.25) is 0 Å². The van der Waals surface area contributed by atoms with Gasteiger partial charge < -0.3 is 10.8 Å². The van der Waals surface area contributed by atoms with Crippen LogP contribution in [-0.2, 0) is 4.79 Å². The number of aryl methyl sites for hydroxylation is 1. The van der Waals surface area contributed by atoms with E-state index < -0.39 is 11.5 Å². The van der Waals surface area contributed by atoms with Crippen LogP contribution in [0.4, 0.5) is 0 Å². The number of carbonyl (C=O) groups is 1. The maximum Gasteiger partial charge on any atom is 0.323 e. The lowest BCUT2D eigenvalue weighted by atomic mass is 9.82. The van der Waals surface area contributed by atoms with Crippen molar-refractivity contribution in [2.45, 2.75) is 48.6 Å². The molecule has 0 aliphatic heterocycles. The zero-order valence-corrected chi connectivity index (χ0v) is 11.1. The normalized spacial score (nSPS) is 28.0. The maximum atomic E-state index is 11.2. The van der Waals surface area contributed by atoms with Gasteiger partial charge in [0.1, 0.15) is 5.54 Å². The summed E-state index contributed by atoms with van der Waals surface area (Å²) < 4.78 is 0. The van der Waals surface area contributed by atoms with Crippen molar-refractivity contribution in [1.82, 2.24) is 9.97 Å². The minimum atomic E-state index is -1.08. The van der Waals surface area contributed by atoms with Crippen LogP contribution in [0.1, 0.15) is 31.2 Å². The van der Waals surface area contributed by atoms with E-state index in [2.05, 4.69) is 9.97 Å². The highest BCUT2D eigenvalue weighted by molar-refractivity contribution is 7.99. The Labute approximate surface area is 110 Å². The van der Waals surface area contributed by atoms with E-state index in [0.29, 0.717) is 18.0 Å². The van der Waals surface area contributed by atoms with E-state index in [1.165, 1.54) is 11.8 Å². The summed E-state index contributed by atoms with van der Waals surface area (Å²) in [6, 6.07) is 0. The van der Waals surface area contributed by atoms with Crippen molar-refractivity contribution >= 4 is 17.7 Å². The first-order valence-corrected chi connectivity index (χ1v) is 6.85. The monoisotopic (exact) mass is 267 g/mol.